The predicted octanol–water partition coefficient (Wildman–Crippen LogP) is 2.03. The van der Waals surface area contributed by atoms with Crippen LogP contribution in [0.3, 0.4) is 0 Å². The van der Waals surface area contributed by atoms with Crippen molar-refractivity contribution in [3.63, 3.8) is 0 Å². The number of aliphatic hydroxyl groups excluding tert-OH is 1. The fourth-order valence-electron chi connectivity index (χ4n) is 0.376. The van der Waals surface area contributed by atoms with Crippen molar-refractivity contribution in [1.82, 2.24) is 0 Å². The van der Waals surface area contributed by atoms with Crippen LogP contribution in [-0.2, 0) is 0 Å². The van der Waals surface area contributed by atoms with Crippen LogP contribution < -0.4 is 0 Å². The average molecular weight is 173 g/mol. The first-order chi connectivity index (χ1) is 4.63. The van der Waals surface area contributed by atoms with Gasteiger partial charge in [0.05, 0.1) is 4.20 Å². The Hall–Kier alpha value is -0.530. The number of thioether (sulfide) groups is 1. The Bertz CT molecular complexity index is 210. The molecule has 0 heterocycles. The molecule has 4 heteroatoms. The quantitative estimate of drug-likeness (QED) is 0.285. The van der Waals surface area contributed by atoms with Gasteiger partial charge in [0, 0.05) is 0 Å². The van der Waals surface area contributed by atoms with Gasteiger partial charge in [0.1, 0.15) is 17.4 Å². The van der Waals surface area contributed by atoms with Gasteiger partial charge in [-0.05, 0) is 13.2 Å². The number of hydrogen-bond acceptors (Lipinski definition) is 4. The zero-order valence-electron chi connectivity index (χ0n) is 5.71. The number of hydrogen-bond donors (Lipinski definition) is 1. The highest BCUT2D eigenvalue weighted by Crippen LogP contribution is 2.11. The number of nitriles is 1. The van der Waals surface area contributed by atoms with Crippen LogP contribution in [0.2, 0.25) is 0 Å². The minimum atomic E-state index is -0.0122. The highest BCUT2D eigenvalue weighted by molar-refractivity contribution is 8.23. The smallest absolute Gasteiger partial charge is 0.114 e. The van der Waals surface area contributed by atoms with Gasteiger partial charge in [0.2, 0.25) is 0 Å². The zero-order chi connectivity index (χ0) is 8.15. The van der Waals surface area contributed by atoms with Crippen LogP contribution in [0.15, 0.2) is 11.3 Å². The molecule has 0 spiro atoms. The molecule has 0 aromatic carbocycles. The Labute approximate surface area is 69.5 Å². The highest BCUT2D eigenvalue weighted by atomic mass is 32.2. The molecule has 0 aromatic heterocycles. The molecule has 0 aliphatic carbocycles. The van der Waals surface area contributed by atoms with Gasteiger partial charge in [-0.25, -0.2) is 0 Å². The Morgan fingerprint density at radius 2 is 2.20 bits per heavy atom. The van der Waals surface area contributed by atoms with Gasteiger partial charge in [-0.1, -0.05) is 12.2 Å². The van der Waals surface area contributed by atoms with Crippen molar-refractivity contribution in [1.29, 1.82) is 5.26 Å². The molecular weight excluding hydrogens is 166 g/mol. The monoisotopic (exact) mass is 173 g/mol. The summed E-state index contributed by atoms with van der Waals surface area (Å²) < 4.78 is 0.433. The fraction of sp³-hybridized carbons (Fsp3) is 0.333. The second-order valence-electron chi connectivity index (χ2n) is 1.56. The van der Waals surface area contributed by atoms with Crippen LogP contribution in [0.25, 0.3) is 0 Å². The standard InChI is InChI=1S/C6H7NOS2/c1-4(8)5(3-7)6(9)10-2/h8H,1-2H3/b5-4-. The van der Waals surface area contributed by atoms with E-state index in [0.717, 1.165) is 0 Å². The van der Waals surface area contributed by atoms with Crippen molar-refractivity contribution in [2.24, 2.45) is 0 Å². The summed E-state index contributed by atoms with van der Waals surface area (Å²) in [7, 11) is 0. The van der Waals surface area contributed by atoms with E-state index in [1.165, 1.54) is 18.7 Å². The van der Waals surface area contributed by atoms with E-state index in [9.17, 15) is 0 Å². The van der Waals surface area contributed by atoms with Crippen LogP contribution in [0, 0.1) is 11.3 Å². The largest absolute Gasteiger partial charge is 0.511 e. The molecule has 0 amide bonds. The van der Waals surface area contributed by atoms with Gasteiger partial charge in [-0.15, -0.1) is 11.8 Å². The van der Waals surface area contributed by atoms with E-state index in [4.69, 9.17) is 22.6 Å². The maximum Gasteiger partial charge on any atom is 0.114 e. The van der Waals surface area contributed by atoms with E-state index in [1.807, 2.05) is 6.07 Å². The Balaban J connectivity index is 4.59. The lowest BCUT2D eigenvalue weighted by Crippen LogP contribution is -1.94. The molecule has 0 aliphatic rings. The summed E-state index contributed by atoms with van der Waals surface area (Å²) in [5.74, 6) is -0.0122. The third-order valence-corrected chi connectivity index (χ3v) is 2.14. The third-order valence-electron chi connectivity index (χ3n) is 0.863. The van der Waals surface area contributed by atoms with Gasteiger partial charge in [-0.2, -0.15) is 5.26 Å². The van der Waals surface area contributed by atoms with Crippen molar-refractivity contribution in [2.45, 2.75) is 6.92 Å². The molecule has 1 N–H and O–H groups in total. The minimum absolute atomic E-state index is 0.0122. The molecule has 54 valence electrons. The summed E-state index contributed by atoms with van der Waals surface area (Å²) >= 11 is 6.05. The van der Waals surface area contributed by atoms with E-state index in [1.54, 1.807) is 6.26 Å². The molecule has 0 aromatic rings. The Morgan fingerprint density at radius 1 is 1.70 bits per heavy atom. The van der Waals surface area contributed by atoms with Gasteiger partial charge in [-0.3, -0.25) is 0 Å². The molecule has 0 saturated carbocycles. The van der Waals surface area contributed by atoms with Crippen LogP contribution in [0.4, 0.5) is 0 Å². The average Bonchev–Trinajstić information content (AvgIpc) is 1.88. The Morgan fingerprint density at radius 3 is 2.30 bits per heavy atom. The molecule has 0 unspecified atom stereocenters. The Kier molecular flexibility index (Phi) is 4.08. The van der Waals surface area contributed by atoms with Crippen molar-refractivity contribution >= 4 is 28.2 Å². The summed E-state index contributed by atoms with van der Waals surface area (Å²) in [6.07, 6.45) is 1.77. The predicted molar refractivity (Wildman–Crippen MR) is 47.1 cm³/mol. The molecule has 0 radical (unpaired) electrons. The second-order valence-corrected chi connectivity index (χ2v) is 3.05. The van der Waals surface area contributed by atoms with Crippen LogP contribution in [0.1, 0.15) is 6.92 Å². The SMILES string of the molecule is CSC(=S)/C(C#N)=C(/C)O. The molecule has 0 rings (SSSR count). The summed E-state index contributed by atoms with van der Waals surface area (Å²) in [4.78, 5) is 0. The minimum Gasteiger partial charge on any atom is -0.511 e. The molecule has 0 bridgehead atoms. The maximum atomic E-state index is 8.87. The van der Waals surface area contributed by atoms with Gasteiger partial charge in [0.15, 0.2) is 0 Å². The lowest BCUT2D eigenvalue weighted by atomic mass is 10.3. The van der Waals surface area contributed by atoms with E-state index in [2.05, 4.69) is 0 Å². The van der Waals surface area contributed by atoms with Gasteiger partial charge >= 0.3 is 0 Å². The number of nitrogens with zero attached hydrogens (tertiary/aromatic N) is 1. The first-order valence-corrected chi connectivity index (χ1v) is 4.15. The first-order valence-electron chi connectivity index (χ1n) is 2.51. The fourth-order valence-corrected chi connectivity index (χ4v) is 0.967. The molecule has 0 aliphatic heterocycles. The summed E-state index contributed by atoms with van der Waals surface area (Å²) in [5, 5.41) is 17.3. The van der Waals surface area contributed by atoms with E-state index in [0.29, 0.717) is 4.20 Å². The molecule has 0 atom stereocenters. The summed E-state index contributed by atoms with van der Waals surface area (Å²) in [5.41, 5.74) is 0.197. The van der Waals surface area contributed by atoms with Crippen molar-refractivity contribution in [2.75, 3.05) is 6.26 Å². The number of aliphatic hydroxyl groups is 1. The summed E-state index contributed by atoms with van der Waals surface area (Å²) in [6, 6.07) is 1.82. The highest BCUT2D eigenvalue weighted by Gasteiger charge is 2.05. The third kappa shape index (κ3) is 2.38. The molecule has 2 nitrogen and oxygen atoms in total. The second kappa shape index (κ2) is 4.31. The zero-order valence-corrected chi connectivity index (χ0v) is 7.34. The normalized spacial score (nSPS) is 11.7. The van der Waals surface area contributed by atoms with E-state index in [-0.39, 0.29) is 11.3 Å². The van der Waals surface area contributed by atoms with Crippen LogP contribution in [0.5, 0.6) is 0 Å². The number of allylic oxidation sites excluding steroid dienone is 1. The maximum absolute atomic E-state index is 8.87. The lowest BCUT2D eigenvalue weighted by molar-refractivity contribution is 0.412. The van der Waals surface area contributed by atoms with Crippen molar-refractivity contribution in [3.05, 3.63) is 11.3 Å². The van der Waals surface area contributed by atoms with Gasteiger partial charge in [0.25, 0.3) is 0 Å². The van der Waals surface area contributed by atoms with E-state index < -0.39 is 0 Å². The van der Waals surface area contributed by atoms with Crippen LogP contribution in [-0.4, -0.2) is 15.6 Å². The topological polar surface area (TPSA) is 44.0 Å². The summed E-state index contributed by atoms with van der Waals surface area (Å²) in [6.45, 7) is 1.45. The molecule has 10 heavy (non-hydrogen) atoms. The van der Waals surface area contributed by atoms with Gasteiger partial charge < -0.3 is 5.11 Å². The lowest BCUT2D eigenvalue weighted by Gasteiger charge is -1.96. The molecule has 0 fully saturated rings. The number of rotatable bonds is 1. The van der Waals surface area contributed by atoms with Crippen LogP contribution >= 0.6 is 24.0 Å². The first kappa shape index (κ1) is 9.47. The number of thiocarbonyl (C=S) groups is 1. The van der Waals surface area contributed by atoms with E-state index >= 15 is 0 Å². The van der Waals surface area contributed by atoms with Crippen molar-refractivity contribution < 1.29 is 5.11 Å². The van der Waals surface area contributed by atoms with Crippen molar-refractivity contribution in [3.8, 4) is 6.07 Å². The molecule has 0 saturated heterocycles. The molecular formula is C6H7NOS2.